The Labute approximate surface area is 75.3 Å². The molecule has 4 heteroatoms. The van der Waals surface area contributed by atoms with Crippen LogP contribution in [0.5, 0.6) is 0 Å². The molecule has 1 aromatic heterocycles. The summed E-state index contributed by atoms with van der Waals surface area (Å²) in [4.78, 5) is 10.5. The van der Waals surface area contributed by atoms with Crippen molar-refractivity contribution in [2.45, 2.75) is 0 Å². The molecule has 0 radical (unpaired) electrons. The van der Waals surface area contributed by atoms with E-state index in [9.17, 15) is 4.79 Å². The summed E-state index contributed by atoms with van der Waals surface area (Å²) in [5.41, 5.74) is 0.431. The van der Waals surface area contributed by atoms with Crippen LogP contribution in [0.25, 0.3) is 6.08 Å². The van der Waals surface area contributed by atoms with Crippen LogP contribution in [-0.2, 0) is 11.8 Å². The number of hydrogen-bond acceptors (Lipinski definition) is 2. The van der Waals surface area contributed by atoms with Gasteiger partial charge in [-0.2, -0.15) is 5.26 Å². The fourth-order valence-corrected chi connectivity index (χ4v) is 0.914. The van der Waals surface area contributed by atoms with E-state index >= 15 is 0 Å². The van der Waals surface area contributed by atoms with E-state index in [0.29, 0.717) is 5.69 Å². The number of aromatic nitrogens is 1. The Morgan fingerprint density at radius 2 is 2.46 bits per heavy atom. The molecule has 1 aromatic rings. The van der Waals surface area contributed by atoms with E-state index in [1.54, 1.807) is 36.0 Å². The summed E-state index contributed by atoms with van der Waals surface area (Å²) in [6, 6.07) is 5.13. The van der Waals surface area contributed by atoms with Crippen molar-refractivity contribution >= 4 is 12.0 Å². The average molecular weight is 176 g/mol. The molecule has 0 aliphatic rings. The molecule has 0 fully saturated rings. The maximum atomic E-state index is 10.5. The minimum absolute atomic E-state index is 0.262. The predicted octanol–water partition coefficient (Wildman–Crippen LogP) is 1.02. The van der Waals surface area contributed by atoms with Gasteiger partial charge in [0.1, 0.15) is 11.6 Å². The highest BCUT2D eigenvalue weighted by atomic mass is 16.4. The van der Waals surface area contributed by atoms with Gasteiger partial charge in [-0.25, -0.2) is 4.79 Å². The third kappa shape index (κ3) is 1.97. The van der Waals surface area contributed by atoms with Crippen LogP contribution < -0.4 is 0 Å². The molecular weight excluding hydrogens is 168 g/mol. The van der Waals surface area contributed by atoms with E-state index in [-0.39, 0.29) is 5.57 Å². The minimum Gasteiger partial charge on any atom is -0.477 e. The van der Waals surface area contributed by atoms with Gasteiger partial charge in [-0.05, 0) is 18.2 Å². The summed E-state index contributed by atoms with van der Waals surface area (Å²) in [7, 11) is 1.78. The van der Waals surface area contributed by atoms with Crippen LogP contribution in [-0.4, -0.2) is 15.6 Å². The first-order valence-corrected chi connectivity index (χ1v) is 3.61. The van der Waals surface area contributed by atoms with Gasteiger partial charge in [0.25, 0.3) is 0 Å². The Morgan fingerprint density at radius 3 is 2.85 bits per heavy atom. The molecular formula is C9H8N2O2. The topological polar surface area (TPSA) is 66.0 Å². The lowest BCUT2D eigenvalue weighted by Gasteiger charge is -1.95. The molecule has 13 heavy (non-hydrogen) atoms. The second-order valence-corrected chi connectivity index (χ2v) is 2.52. The quantitative estimate of drug-likeness (QED) is 0.540. The van der Waals surface area contributed by atoms with Gasteiger partial charge < -0.3 is 9.67 Å². The number of carboxylic acid groups (broad SMARTS) is 1. The number of rotatable bonds is 2. The molecule has 0 aromatic carbocycles. The molecule has 0 amide bonds. The highest BCUT2D eigenvalue weighted by Crippen LogP contribution is 2.06. The van der Waals surface area contributed by atoms with Crippen LogP contribution in [0, 0.1) is 11.3 Å². The number of nitriles is 1. The standard InChI is InChI=1S/C9H8N2O2/c1-11-4-2-3-8(11)5-7(6-10)9(12)13/h2-5H,1H3,(H,12,13)/b7-5-. The third-order valence-corrected chi connectivity index (χ3v) is 1.63. The molecule has 0 saturated heterocycles. The fraction of sp³-hybridized carbons (Fsp3) is 0.111. The molecule has 0 spiro atoms. The first kappa shape index (κ1) is 9.07. The van der Waals surface area contributed by atoms with E-state index in [1.807, 2.05) is 0 Å². The lowest BCUT2D eigenvalue weighted by atomic mass is 10.2. The number of aryl methyl sites for hydroxylation is 1. The van der Waals surface area contributed by atoms with Crippen LogP contribution in [0.1, 0.15) is 5.69 Å². The number of carbonyl (C=O) groups is 1. The van der Waals surface area contributed by atoms with Gasteiger partial charge in [-0.15, -0.1) is 0 Å². The van der Waals surface area contributed by atoms with Crippen molar-refractivity contribution in [3.8, 4) is 6.07 Å². The van der Waals surface area contributed by atoms with E-state index in [1.165, 1.54) is 6.08 Å². The molecule has 0 bridgehead atoms. The number of hydrogen-bond donors (Lipinski definition) is 1. The zero-order valence-corrected chi connectivity index (χ0v) is 7.06. The molecule has 0 aliphatic heterocycles. The Balaban J connectivity index is 3.07. The van der Waals surface area contributed by atoms with Crippen molar-refractivity contribution in [2.24, 2.45) is 7.05 Å². The predicted molar refractivity (Wildman–Crippen MR) is 46.6 cm³/mol. The van der Waals surface area contributed by atoms with Crippen molar-refractivity contribution in [1.29, 1.82) is 5.26 Å². The molecule has 0 unspecified atom stereocenters. The average Bonchev–Trinajstić information content (AvgIpc) is 2.46. The number of carboxylic acids is 1. The molecule has 0 saturated carbocycles. The van der Waals surface area contributed by atoms with E-state index < -0.39 is 5.97 Å². The fourth-order valence-electron chi connectivity index (χ4n) is 0.914. The molecule has 1 heterocycles. The normalized spacial score (nSPS) is 10.9. The summed E-state index contributed by atoms with van der Waals surface area (Å²) in [5.74, 6) is -1.20. The summed E-state index contributed by atoms with van der Waals surface area (Å²) in [6.45, 7) is 0. The van der Waals surface area contributed by atoms with Crippen molar-refractivity contribution in [2.75, 3.05) is 0 Å². The Hall–Kier alpha value is -2.02. The lowest BCUT2D eigenvalue weighted by molar-refractivity contribution is -0.132. The van der Waals surface area contributed by atoms with Crippen LogP contribution >= 0.6 is 0 Å². The van der Waals surface area contributed by atoms with E-state index in [2.05, 4.69) is 0 Å². The first-order chi connectivity index (χ1) is 6.15. The number of aliphatic carboxylic acids is 1. The second-order valence-electron chi connectivity index (χ2n) is 2.52. The smallest absolute Gasteiger partial charge is 0.346 e. The largest absolute Gasteiger partial charge is 0.477 e. The molecule has 1 rings (SSSR count). The number of nitrogens with zero attached hydrogens (tertiary/aromatic N) is 2. The molecule has 0 atom stereocenters. The molecule has 66 valence electrons. The molecule has 1 N–H and O–H groups in total. The summed E-state index contributed by atoms with van der Waals surface area (Å²) in [6.07, 6.45) is 3.12. The second kappa shape index (κ2) is 3.59. The van der Waals surface area contributed by atoms with Gasteiger partial charge in [0.2, 0.25) is 0 Å². The van der Waals surface area contributed by atoms with Gasteiger partial charge >= 0.3 is 5.97 Å². The first-order valence-electron chi connectivity index (χ1n) is 3.61. The van der Waals surface area contributed by atoms with Crippen LogP contribution in [0.15, 0.2) is 23.9 Å². The van der Waals surface area contributed by atoms with E-state index in [4.69, 9.17) is 10.4 Å². The highest BCUT2D eigenvalue weighted by molar-refractivity contribution is 5.96. The van der Waals surface area contributed by atoms with Gasteiger partial charge in [-0.3, -0.25) is 0 Å². The molecule has 0 aliphatic carbocycles. The maximum Gasteiger partial charge on any atom is 0.346 e. The highest BCUT2D eigenvalue weighted by Gasteiger charge is 2.06. The summed E-state index contributed by atoms with van der Waals surface area (Å²) >= 11 is 0. The van der Waals surface area contributed by atoms with Crippen molar-refractivity contribution in [3.05, 3.63) is 29.6 Å². The Kier molecular flexibility index (Phi) is 2.50. The summed E-state index contributed by atoms with van der Waals surface area (Å²) < 4.78 is 1.74. The van der Waals surface area contributed by atoms with Gasteiger partial charge in [0, 0.05) is 18.9 Å². The van der Waals surface area contributed by atoms with Gasteiger partial charge in [-0.1, -0.05) is 0 Å². The SMILES string of the molecule is Cn1cccc1/C=C(/C#N)C(=O)O. The van der Waals surface area contributed by atoms with Crippen LogP contribution in [0.4, 0.5) is 0 Å². The zero-order chi connectivity index (χ0) is 9.84. The molecule has 4 nitrogen and oxygen atoms in total. The Bertz CT molecular complexity index is 396. The van der Waals surface area contributed by atoms with Crippen LogP contribution in [0.2, 0.25) is 0 Å². The van der Waals surface area contributed by atoms with Gasteiger partial charge in [0.15, 0.2) is 0 Å². The Morgan fingerprint density at radius 1 is 1.77 bits per heavy atom. The lowest BCUT2D eigenvalue weighted by Crippen LogP contribution is -1.98. The van der Waals surface area contributed by atoms with Crippen LogP contribution in [0.3, 0.4) is 0 Å². The van der Waals surface area contributed by atoms with Gasteiger partial charge in [0.05, 0.1) is 0 Å². The van der Waals surface area contributed by atoms with Crippen molar-refractivity contribution < 1.29 is 9.90 Å². The maximum absolute atomic E-state index is 10.5. The zero-order valence-electron chi connectivity index (χ0n) is 7.06. The third-order valence-electron chi connectivity index (χ3n) is 1.63. The van der Waals surface area contributed by atoms with Crippen molar-refractivity contribution in [3.63, 3.8) is 0 Å². The minimum atomic E-state index is -1.20. The monoisotopic (exact) mass is 176 g/mol. The van der Waals surface area contributed by atoms with Crippen molar-refractivity contribution in [1.82, 2.24) is 4.57 Å². The summed E-state index contributed by atoms with van der Waals surface area (Å²) in [5, 5.41) is 17.0. The van der Waals surface area contributed by atoms with E-state index in [0.717, 1.165) is 0 Å².